The Morgan fingerprint density at radius 3 is 2.21 bits per heavy atom. The Bertz CT molecular complexity index is 723. The van der Waals surface area contributed by atoms with Gasteiger partial charge in [-0.25, -0.2) is 4.79 Å². The Balaban J connectivity index is 1.68. The largest absolute Gasteiger partial charge is 0.465 e. The Hall–Kier alpha value is -2.53. The third-order valence-electron chi connectivity index (χ3n) is 4.67. The highest BCUT2D eigenvalue weighted by atomic mass is 16.7. The van der Waals surface area contributed by atoms with Gasteiger partial charge in [0.05, 0.1) is 6.61 Å². The van der Waals surface area contributed by atoms with Gasteiger partial charge in [0.15, 0.2) is 6.29 Å². The summed E-state index contributed by atoms with van der Waals surface area (Å²) in [5, 5.41) is 2.65. The Kier molecular flexibility index (Phi) is 7.88. The SMILES string of the molecule is CC(OCCOC(=O)Nc1ccccc1)Oc1ccc(C(C)C(C)(C)C)cc1. The zero-order valence-corrected chi connectivity index (χ0v) is 17.4. The fourth-order valence-electron chi connectivity index (χ4n) is 2.58. The molecule has 0 saturated heterocycles. The molecule has 0 aliphatic rings. The number of anilines is 1. The maximum atomic E-state index is 11.7. The molecule has 0 fully saturated rings. The van der Waals surface area contributed by atoms with Crippen LogP contribution in [0.3, 0.4) is 0 Å². The molecule has 2 unspecified atom stereocenters. The van der Waals surface area contributed by atoms with Crippen molar-refractivity contribution in [2.24, 2.45) is 5.41 Å². The van der Waals surface area contributed by atoms with Crippen LogP contribution in [0, 0.1) is 5.41 Å². The predicted molar refractivity (Wildman–Crippen MR) is 112 cm³/mol. The lowest BCUT2D eigenvalue weighted by Crippen LogP contribution is -2.21. The molecule has 0 radical (unpaired) electrons. The van der Waals surface area contributed by atoms with Crippen molar-refractivity contribution in [3.63, 3.8) is 0 Å². The predicted octanol–water partition coefficient (Wildman–Crippen LogP) is 5.83. The van der Waals surface area contributed by atoms with Gasteiger partial charge in [0, 0.05) is 5.69 Å². The number of hydrogen-bond donors (Lipinski definition) is 1. The molecular formula is C23H31NO4. The molecule has 5 heteroatoms. The molecule has 28 heavy (non-hydrogen) atoms. The summed E-state index contributed by atoms with van der Waals surface area (Å²) in [4.78, 5) is 11.7. The second kappa shape index (κ2) is 10.1. The highest BCUT2D eigenvalue weighted by molar-refractivity contribution is 5.84. The van der Waals surface area contributed by atoms with Crippen LogP contribution in [0.25, 0.3) is 0 Å². The van der Waals surface area contributed by atoms with Gasteiger partial charge in [0.25, 0.3) is 0 Å². The van der Waals surface area contributed by atoms with E-state index in [-0.39, 0.29) is 18.6 Å². The van der Waals surface area contributed by atoms with Gasteiger partial charge in [-0.3, -0.25) is 5.32 Å². The molecule has 0 saturated carbocycles. The van der Waals surface area contributed by atoms with Crippen LogP contribution in [0.1, 0.15) is 46.1 Å². The lowest BCUT2D eigenvalue weighted by Gasteiger charge is -2.27. The number of para-hydroxylation sites is 1. The molecule has 0 heterocycles. The maximum absolute atomic E-state index is 11.7. The van der Waals surface area contributed by atoms with Crippen molar-refractivity contribution in [3.8, 4) is 5.75 Å². The highest BCUT2D eigenvalue weighted by Gasteiger charge is 2.21. The van der Waals surface area contributed by atoms with Crippen molar-refractivity contribution in [1.29, 1.82) is 0 Å². The van der Waals surface area contributed by atoms with Crippen molar-refractivity contribution in [2.75, 3.05) is 18.5 Å². The third kappa shape index (κ3) is 7.24. The molecule has 5 nitrogen and oxygen atoms in total. The molecule has 2 rings (SSSR count). The Labute approximate surface area is 168 Å². The minimum atomic E-state index is -0.507. The van der Waals surface area contributed by atoms with E-state index in [0.717, 1.165) is 5.75 Å². The fourth-order valence-corrected chi connectivity index (χ4v) is 2.58. The molecular weight excluding hydrogens is 354 g/mol. The van der Waals surface area contributed by atoms with Crippen LogP contribution < -0.4 is 10.1 Å². The van der Waals surface area contributed by atoms with E-state index in [2.05, 4.69) is 45.1 Å². The van der Waals surface area contributed by atoms with E-state index in [4.69, 9.17) is 14.2 Å². The average Bonchev–Trinajstić information content (AvgIpc) is 2.65. The number of ether oxygens (including phenoxy) is 3. The molecule has 0 aliphatic carbocycles. The van der Waals surface area contributed by atoms with Crippen molar-refractivity contribution >= 4 is 11.8 Å². The topological polar surface area (TPSA) is 56.8 Å². The standard InChI is InChI=1S/C23H31NO4/c1-17(23(3,4)5)19-11-13-21(14-12-19)28-18(2)26-15-16-27-22(25)24-20-9-7-6-8-10-20/h6-14,17-18H,15-16H2,1-5H3,(H,24,25). The summed E-state index contributed by atoms with van der Waals surface area (Å²) in [6, 6.07) is 17.3. The second-order valence-electron chi connectivity index (χ2n) is 7.84. The molecule has 0 aliphatic heterocycles. The quantitative estimate of drug-likeness (QED) is 0.459. The summed E-state index contributed by atoms with van der Waals surface area (Å²) < 4.78 is 16.4. The normalized spacial score (nSPS) is 13.5. The summed E-state index contributed by atoms with van der Waals surface area (Å²) in [5.41, 5.74) is 2.19. The number of carbonyl (C=O) groups is 1. The number of benzene rings is 2. The monoisotopic (exact) mass is 385 g/mol. The number of hydrogen-bond acceptors (Lipinski definition) is 4. The van der Waals surface area contributed by atoms with Crippen molar-refractivity contribution in [1.82, 2.24) is 0 Å². The van der Waals surface area contributed by atoms with Crippen LogP contribution >= 0.6 is 0 Å². The molecule has 2 atom stereocenters. The fraction of sp³-hybridized carbons (Fsp3) is 0.435. The zero-order chi connectivity index (χ0) is 20.6. The van der Waals surface area contributed by atoms with Crippen LogP contribution in [0.2, 0.25) is 0 Å². The smallest absolute Gasteiger partial charge is 0.411 e. The van der Waals surface area contributed by atoms with Gasteiger partial charge in [-0.1, -0.05) is 58.0 Å². The molecule has 0 aromatic heterocycles. The first-order valence-electron chi connectivity index (χ1n) is 9.63. The summed E-state index contributed by atoms with van der Waals surface area (Å²) in [7, 11) is 0. The first kappa shape index (κ1) is 21.8. The van der Waals surface area contributed by atoms with Crippen LogP contribution in [-0.4, -0.2) is 25.6 Å². The number of carbonyl (C=O) groups excluding carboxylic acids is 1. The van der Waals surface area contributed by atoms with E-state index in [1.807, 2.05) is 37.3 Å². The van der Waals surface area contributed by atoms with Crippen molar-refractivity contribution in [2.45, 2.75) is 46.8 Å². The van der Waals surface area contributed by atoms with E-state index in [1.54, 1.807) is 12.1 Å². The molecule has 0 bridgehead atoms. The van der Waals surface area contributed by atoms with E-state index < -0.39 is 12.4 Å². The van der Waals surface area contributed by atoms with Crippen LogP contribution in [-0.2, 0) is 9.47 Å². The van der Waals surface area contributed by atoms with Gasteiger partial charge in [-0.05, 0) is 48.1 Å². The van der Waals surface area contributed by atoms with Crippen molar-refractivity contribution in [3.05, 3.63) is 60.2 Å². The van der Waals surface area contributed by atoms with E-state index >= 15 is 0 Å². The van der Waals surface area contributed by atoms with Crippen LogP contribution in [0.15, 0.2) is 54.6 Å². The first-order chi connectivity index (χ1) is 13.3. The molecule has 152 valence electrons. The lowest BCUT2D eigenvalue weighted by molar-refractivity contribution is -0.0765. The maximum Gasteiger partial charge on any atom is 0.411 e. The summed E-state index contributed by atoms with van der Waals surface area (Å²) in [5.74, 6) is 1.20. The Morgan fingerprint density at radius 1 is 0.964 bits per heavy atom. The minimum absolute atomic E-state index is 0.147. The van der Waals surface area contributed by atoms with E-state index in [1.165, 1.54) is 5.56 Å². The van der Waals surface area contributed by atoms with Crippen LogP contribution in [0.4, 0.5) is 10.5 Å². The molecule has 1 N–H and O–H groups in total. The minimum Gasteiger partial charge on any atom is -0.465 e. The van der Waals surface area contributed by atoms with Gasteiger partial charge in [-0.2, -0.15) is 0 Å². The molecule has 0 spiro atoms. The third-order valence-corrected chi connectivity index (χ3v) is 4.67. The first-order valence-corrected chi connectivity index (χ1v) is 9.63. The summed E-state index contributed by atoms with van der Waals surface area (Å²) >= 11 is 0. The molecule has 1 amide bonds. The number of rotatable bonds is 8. The second-order valence-corrected chi connectivity index (χ2v) is 7.84. The van der Waals surface area contributed by atoms with E-state index in [0.29, 0.717) is 11.6 Å². The number of nitrogens with one attached hydrogen (secondary N) is 1. The zero-order valence-electron chi connectivity index (χ0n) is 17.4. The summed E-state index contributed by atoms with van der Waals surface area (Å²) in [6.07, 6.45) is -0.946. The summed E-state index contributed by atoms with van der Waals surface area (Å²) in [6.45, 7) is 11.2. The number of amides is 1. The average molecular weight is 386 g/mol. The van der Waals surface area contributed by atoms with Gasteiger partial charge in [-0.15, -0.1) is 0 Å². The van der Waals surface area contributed by atoms with Crippen molar-refractivity contribution < 1.29 is 19.0 Å². The van der Waals surface area contributed by atoms with Crippen LogP contribution in [0.5, 0.6) is 5.75 Å². The molecule has 2 aromatic carbocycles. The highest BCUT2D eigenvalue weighted by Crippen LogP contribution is 2.34. The Morgan fingerprint density at radius 2 is 1.61 bits per heavy atom. The van der Waals surface area contributed by atoms with Gasteiger partial charge in [0.1, 0.15) is 12.4 Å². The van der Waals surface area contributed by atoms with Gasteiger partial charge >= 0.3 is 6.09 Å². The molecule has 2 aromatic rings. The lowest BCUT2D eigenvalue weighted by atomic mass is 9.78. The van der Waals surface area contributed by atoms with E-state index in [9.17, 15) is 4.79 Å². The van der Waals surface area contributed by atoms with Gasteiger partial charge < -0.3 is 14.2 Å². The van der Waals surface area contributed by atoms with Gasteiger partial charge in [0.2, 0.25) is 0 Å².